The molecule has 1 aromatic carbocycles. The Morgan fingerprint density at radius 3 is 2.71 bits per heavy atom. The minimum absolute atomic E-state index is 0.0443. The highest BCUT2D eigenvalue weighted by atomic mass is 35.5. The lowest BCUT2D eigenvalue weighted by Gasteiger charge is -2.20. The molecular formula is C10H14ClN3. The Labute approximate surface area is 89.0 Å². The van der Waals surface area contributed by atoms with E-state index in [2.05, 4.69) is 0 Å². The number of rotatable bonds is 3. The molecule has 0 aliphatic rings. The summed E-state index contributed by atoms with van der Waals surface area (Å²) in [6, 6.07) is 5.39. The lowest BCUT2D eigenvalue weighted by atomic mass is 10.1. The molecule has 1 rings (SSSR count). The van der Waals surface area contributed by atoms with Gasteiger partial charge in [-0.05, 0) is 25.1 Å². The van der Waals surface area contributed by atoms with Crippen LogP contribution >= 0.6 is 11.6 Å². The molecule has 0 fully saturated rings. The molecule has 14 heavy (non-hydrogen) atoms. The van der Waals surface area contributed by atoms with Crippen LogP contribution in [0, 0.1) is 5.41 Å². The van der Waals surface area contributed by atoms with Crippen molar-refractivity contribution in [1.82, 2.24) is 0 Å². The summed E-state index contributed by atoms with van der Waals surface area (Å²) in [5, 5.41) is 8.03. The van der Waals surface area contributed by atoms with Crippen LogP contribution in [0.1, 0.15) is 12.5 Å². The second-order valence-electron chi connectivity index (χ2n) is 3.09. The largest absolute Gasteiger partial charge is 0.384 e. The van der Waals surface area contributed by atoms with Crippen molar-refractivity contribution in [3.8, 4) is 0 Å². The Morgan fingerprint density at radius 1 is 1.57 bits per heavy atom. The van der Waals surface area contributed by atoms with Gasteiger partial charge in [-0.2, -0.15) is 0 Å². The second kappa shape index (κ2) is 4.33. The molecule has 0 amide bonds. The highest BCUT2D eigenvalue weighted by Crippen LogP contribution is 2.22. The van der Waals surface area contributed by atoms with Gasteiger partial charge >= 0.3 is 0 Å². The third-order valence-corrected chi connectivity index (χ3v) is 2.37. The zero-order valence-electron chi connectivity index (χ0n) is 8.34. The van der Waals surface area contributed by atoms with E-state index in [4.69, 9.17) is 22.7 Å². The molecular weight excluding hydrogens is 198 g/mol. The van der Waals surface area contributed by atoms with Gasteiger partial charge in [-0.1, -0.05) is 11.6 Å². The first-order valence-electron chi connectivity index (χ1n) is 4.41. The number of nitrogens with zero attached hydrogens (tertiary/aromatic N) is 1. The maximum absolute atomic E-state index is 7.43. The summed E-state index contributed by atoms with van der Waals surface area (Å²) >= 11 is 5.84. The molecule has 0 aromatic heterocycles. The van der Waals surface area contributed by atoms with Gasteiger partial charge in [0.1, 0.15) is 5.84 Å². The molecule has 0 unspecified atom stereocenters. The minimum atomic E-state index is 0.0443. The summed E-state index contributed by atoms with van der Waals surface area (Å²) in [4.78, 5) is 2.02. The average Bonchev–Trinajstić information content (AvgIpc) is 2.16. The van der Waals surface area contributed by atoms with Gasteiger partial charge in [0.2, 0.25) is 0 Å². The summed E-state index contributed by atoms with van der Waals surface area (Å²) < 4.78 is 0. The molecule has 76 valence electrons. The van der Waals surface area contributed by atoms with E-state index in [1.165, 1.54) is 0 Å². The monoisotopic (exact) mass is 211 g/mol. The molecule has 0 spiro atoms. The number of benzene rings is 1. The third-order valence-electron chi connectivity index (χ3n) is 2.13. The first-order valence-corrected chi connectivity index (χ1v) is 4.79. The zero-order chi connectivity index (χ0) is 10.7. The zero-order valence-corrected chi connectivity index (χ0v) is 9.10. The van der Waals surface area contributed by atoms with E-state index < -0.39 is 0 Å². The summed E-state index contributed by atoms with van der Waals surface area (Å²) in [5.74, 6) is 0.0443. The van der Waals surface area contributed by atoms with Gasteiger partial charge in [0, 0.05) is 29.9 Å². The normalized spacial score (nSPS) is 9.93. The molecule has 0 radical (unpaired) electrons. The first kappa shape index (κ1) is 10.9. The molecule has 0 heterocycles. The molecule has 0 bridgehead atoms. The van der Waals surface area contributed by atoms with Crippen molar-refractivity contribution >= 4 is 23.1 Å². The molecule has 3 N–H and O–H groups in total. The first-order chi connectivity index (χ1) is 6.56. The highest BCUT2D eigenvalue weighted by molar-refractivity contribution is 6.31. The molecule has 0 saturated carbocycles. The predicted molar refractivity (Wildman–Crippen MR) is 61.4 cm³/mol. The van der Waals surface area contributed by atoms with Crippen LogP contribution in [0.3, 0.4) is 0 Å². The molecule has 0 aliphatic heterocycles. The van der Waals surface area contributed by atoms with E-state index in [9.17, 15) is 0 Å². The number of anilines is 1. The van der Waals surface area contributed by atoms with Crippen LogP contribution in [0.15, 0.2) is 18.2 Å². The predicted octanol–water partition coefficient (Wildman–Crippen LogP) is 2.08. The number of nitrogen functional groups attached to an aromatic ring is 1. The van der Waals surface area contributed by atoms with Crippen LogP contribution in [0.5, 0.6) is 0 Å². The Morgan fingerprint density at radius 2 is 2.21 bits per heavy atom. The van der Waals surface area contributed by atoms with Gasteiger partial charge < -0.3 is 10.6 Å². The van der Waals surface area contributed by atoms with Crippen molar-refractivity contribution in [1.29, 1.82) is 5.41 Å². The Hall–Kier alpha value is -1.22. The van der Waals surface area contributed by atoms with Crippen LogP contribution in [0.25, 0.3) is 0 Å². The number of amidine groups is 1. The van der Waals surface area contributed by atoms with Crippen LogP contribution in [0.2, 0.25) is 5.02 Å². The van der Waals surface area contributed by atoms with E-state index in [0.717, 1.165) is 12.2 Å². The second-order valence-corrected chi connectivity index (χ2v) is 3.53. The summed E-state index contributed by atoms with van der Waals surface area (Å²) in [7, 11) is 1.95. The van der Waals surface area contributed by atoms with E-state index in [0.29, 0.717) is 10.6 Å². The van der Waals surface area contributed by atoms with Gasteiger partial charge in [0.15, 0.2) is 0 Å². The van der Waals surface area contributed by atoms with E-state index in [1.807, 2.05) is 24.9 Å². The molecule has 0 saturated heterocycles. The SMILES string of the molecule is CCN(C)c1ccc(Cl)cc1C(=N)N. The number of nitrogens with one attached hydrogen (secondary N) is 1. The minimum Gasteiger partial charge on any atom is -0.384 e. The molecule has 0 aliphatic carbocycles. The summed E-state index contributed by atoms with van der Waals surface area (Å²) in [6.07, 6.45) is 0. The van der Waals surface area contributed by atoms with Gasteiger partial charge in [-0.3, -0.25) is 5.41 Å². The number of nitrogens with two attached hydrogens (primary N) is 1. The Kier molecular flexibility index (Phi) is 3.36. The van der Waals surface area contributed by atoms with E-state index in [-0.39, 0.29) is 5.84 Å². The number of hydrogen-bond acceptors (Lipinski definition) is 2. The van der Waals surface area contributed by atoms with Crippen LogP contribution in [-0.4, -0.2) is 19.4 Å². The van der Waals surface area contributed by atoms with Crippen LogP contribution < -0.4 is 10.6 Å². The quantitative estimate of drug-likeness (QED) is 0.594. The number of hydrogen-bond donors (Lipinski definition) is 2. The molecule has 1 aromatic rings. The van der Waals surface area contributed by atoms with Gasteiger partial charge in [0.25, 0.3) is 0 Å². The standard InChI is InChI=1S/C10H14ClN3/c1-3-14(2)9-5-4-7(11)6-8(9)10(12)13/h4-6H,3H2,1-2H3,(H3,12,13). The fraction of sp³-hybridized carbons (Fsp3) is 0.300. The van der Waals surface area contributed by atoms with Crippen molar-refractivity contribution in [3.05, 3.63) is 28.8 Å². The maximum atomic E-state index is 7.43. The lowest BCUT2D eigenvalue weighted by Crippen LogP contribution is -2.21. The van der Waals surface area contributed by atoms with Crippen LogP contribution in [-0.2, 0) is 0 Å². The summed E-state index contributed by atoms with van der Waals surface area (Å²) in [5.41, 5.74) is 7.09. The average molecular weight is 212 g/mol. The van der Waals surface area contributed by atoms with Crippen molar-refractivity contribution in [3.63, 3.8) is 0 Å². The Bertz CT molecular complexity index is 349. The van der Waals surface area contributed by atoms with Gasteiger partial charge in [-0.25, -0.2) is 0 Å². The highest BCUT2D eigenvalue weighted by Gasteiger charge is 2.08. The van der Waals surface area contributed by atoms with Crippen molar-refractivity contribution in [2.24, 2.45) is 5.73 Å². The van der Waals surface area contributed by atoms with Crippen molar-refractivity contribution in [2.75, 3.05) is 18.5 Å². The van der Waals surface area contributed by atoms with Crippen LogP contribution in [0.4, 0.5) is 5.69 Å². The van der Waals surface area contributed by atoms with Gasteiger partial charge in [0.05, 0.1) is 0 Å². The smallest absolute Gasteiger partial charge is 0.124 e. The molecule has 3 nitrogen and oxygen atoms in total. The van der Waals surface area contributed by atoms with E-state index in [1.54, 1.807) is 12.1 Å². The fourth-order valence-corrected chi connectivity index (χ4v) is 1.40. The topological polar surface area (TPSA) is 53.1 Å². The van der Waals surface area contributed by atoms with Crippen molar-refractivity contribution in [2.45, 2.75) is 6.92 Å². The van der Waals surface area contributed by atoms with Gasteiger partial charge in [-0.15, -0.1) is 0 Å². The fourth-order valence-electron chi connectivity index (χ4n) is 1.23. The number of halogens is 1. The Balaban J connectivity index is 3.21. The molecule has 0 atom stereocenters. The third kappa shape index (κ3) is 2.17. The van der Waals surface area contributed by atoms with Crippen molar-refractivity contribution < 1.29 is 0 Å². The lowest BCUT2D eigenvalue weighted by molar-refractivity contribution is 0.966. The van der Waals surface area contributed by atoms with E-state index >= 15 is 0 Å². The molecule has 4 heteroatoms. The maximum Gasteiger partial charge on any atom is 0.124 e. The summed E-state index contributed by atoms with van der Waals surface area (Å²) in [6.45, 7) is 2.90.